The van der Waals surface area contributed by atoms with Crippen molar-refractivity contribution in [2.24, 2.45) is 4.99 Å². The molecule has 5 aromatic rings. The first-order chi connectivity index (χ1) is 16.4. The summed E-state index contributed by atoms with van der Waals surface area (Å²) in [6.07, 6.45) is 10.9. The van der Waals surface area contributed by atoms with Crippen LogP contribution in [0, 0.1) is 0 Å². The van der Waals surface area contributed by atoms with Gasteiger partial charge in [-0.05, 0) is 62.5 Å². The fourth-order valence-electron chi connectivity index (χ4n) is 5.92. The Morgan fingerprint density at radius 2 is 1.58 bits per heavy atom. The maximum Gasteiger partial charge on any atom is 0.0716 e. The van der Waals surface area contributed by atoms with Crippen LogP contribution in [-0.4, -0.2) is 10.7 Å². The number of aliphatic imine (C=N–C) groups is 1. The van der Waals surface area contributed by atoms with E-state index in [1.807, 2.05) is 6.20 Å². The lowest BCUT2D eigenvalue weighted by Crippen LogP contribution is -2.23. The second-order valence-corrected chi connectivity index (χ2v) is 9.00. The van der Waals surface area contributed by atoms with Gasteiger partial charge in [0.25, 0.3) is 0 Å². The first-order valence-corrected chi connectivity index (χ1v) is 11.4. The van der Waals surface area contributed by atoms with E-state index in [0.29, 0.717) is 0 Å². The maximum atomic E-state index is 5.09. The molecule has 0 spiro atoms. The predicted molar refractivity (Wildman–Crippen MR) is 138 cm³/mol. The van der Waals surface area contributed by atoms with Crippen LogP contribution in [0.5, 0.6) is 0 Å². The Labute approximate surface area is 190 Å². The SMILES string of the molecule is C1=CC2=Nc3cccc4cnc5c(c34)C2C(=C1)C(c1cc2ccccc2c2ccccc12)=C5. The van der Waals surface area contributed by atoms with Crippen LogP contribution in [0.25, 0.3) is 44.0 Å². The number of fused-ring (bicyclic) bond motifs is 3. The molecule has 2 heterocycles. The largest absolute Gasteiger partial charge is 0.256 e. The fourth-order valence-corrected chi connectivity index (χ4v) is 5.92. The lowest BCUT2D eigenvalue weighted by molar-refractivity contribution is 1.04. The third-order valence-electron chi connectivity index (χ3n) is 7.30. The highest BCUT2D eigenvalue weighted by Gasteiger charge is 2.36. The van der Waals surface area contributed by atoms with Gasteiger partial charge in [0.05, 0.1) is 23.0 Å². The minimum Gasteiger partial charge on any atom is -0.256 e. The molecule has 152 valence electrons. The minimum atomic E-state index is 0.126. The van der Waals surface area contributed by atoms with Crippen LogP contribution >= 0.6 is 0 Å². The smallest absolute Gasteiger partial charge is 0.0716 e. The average Bonchev–Trinajstić information content (AvgIpc) is 2.88. The van der Waals surface area contributed by atoms with Gasteiger partial charge in [-0.1, -0.05) is 72.8 Å². The Morgan fingerprint density at radius 1 is 0.758 bits per heavy atom. The topological polar surface area (TPSA) is 25.2 Å². The summed E-state index contributed by atoms with van der Waals surface area (Å²) in [7, 11) is 0. The number of pyridine rings is 1. The van der Waals surface area contributed by atoms with Crippen LogP contribution < -0.4 is 0 Å². The van der Waals surface area contributed by atoms with E-state index in [1.54, 1.807) is 0 Å². The highest BCUT2D eigenvalue weighted by molar-refractivity contribution is 6.21. The summed E-state index contributed by atoms with van der Waals surface area (Å²) < 4.78 is 0. The molecule has 1 aromatic heterocycles. The molecule has 1 aliphatic heterocycles. The molecular weight excluding hydrogens is 400 g/mol. The zero-order valence-electron chi connectivity index (χ0n) is 17.8. The molecule has 0 N–H and O–H groups in total. The molecule has 2 aliphatic carbocycles. The summed E-state index contributed by atoms with van der Waals surface area (Å²) in [5, 5.41) is 7.52. The van der Waals surface area contributed by atoms with E-state index in [0.717, 1.165) is 22.5 Å². The third-order valence-corrected chi connectivity index (χ3v) is 7.30. The van der Waals surface area contributed by atoms with Crippen LogP contribution in [-0.2, 0) is 0 Å². The molecule has 3 aliphatic rings. The summed E-state index contributed by atoms with van der Waals surface area (Å²) in [6, 6.07) is 26.1. The van der Waals surface area contributed by atoms with Gasteiger partial charge in [-0.3, -0.25) is 9.98 Å². The van der Waals surface area contributed by atoms with Gasteiger partial charge in [0.2, 0.25) is 0 Å². The Bertz CT molecular complexity index is 1810. The fraction of sp³-hybridized carbons (Fsp3) is 0.0323. The Hall–Kier alpha value is -4.30. The van der Waals surface area contributed by atoms with Crippen molar-refractivity contribution in [3.05, 3.63) is 120 Å². The van der Waals surface area contributed by atoms with Crippen molar-refractivity contribution >= 4 is 55.4 Å². The van der Waals surface area contributed by atoms with Crippen molar-refractivity contribution in [2.75, 3.05) is 0 Å². The summed E-state index contributed by atoms with van der Waals surface area (Å²) in [5.41, 5.74) is 8.35. The highest BCUT2D eigenvalue weighted by Crippen LogP contribution is 2.52. The van der Waals surface area contributed by atoms with Crippen molar-refractivity contribution in [1.29, 1.82) is 0 Å². The van der Waals surface area contributed by atoms with Gasteiger partial charge in [0.1, 0.15) is 0 Å². The molecule has 4 aromatic carbocycles. The van der Waals surface area contributed by atoms with Gasteiger partial charge in [-0.2, -0.15) is 0 Å². The summed E-state index contributed by atoms with van der Waals surface area (Å²) >= 11 is 0. The highest BCUT2D eigenvalue weighted by atomic mass is 14.8. The molecule has 0 saturated heterocycles. The van der Waals surface area contributed by atoms with Crippen LogP contribution in [0.1, 0.15) is 22.7 Å². The maximum absolute atomic E-state index is 5.09. The van der Waals surface area contributed by atoms with Crippen molar-refractivity contribution < 1.29 is 0 Å². The molecule has 2 heteroatoms. The zero-order chi connectivity index (χ0) is 21.5. The lowest BCUT2D eigenvalue weighted by Gasteiger charge is -2.34. The second kappa shape index (κ2) is 6.14. The molecule has 8 rings (SSSR count). The number of benzene rings is 4. The van der Waals surface area contributed by atoms with E-state index in [9.17, 15) is 0 Å². The van der Waals surface area contributed by atoms with Crippen molar-refractivity contribution in [1.82, 2.24) is 4.98 Å². The van der Waals surface area contributed by atoms with E-state index in [1.165, 1.54) is 49.2 Å². The molecule has 0 fully saturated rings. The Balaban J connectivity index is 1.51. The van der Waals surface area contributed by atoms with Crippen LogP contribution in [0.15, 0.2) is 108 Å². The number of hydrogen-bond acceptors (Lipinski definition) is 2. The van der Waals surface area contributed by atoms with E-state index >= 15 is 0 Å². The average molecular weight is 418 g/mol. The summed E-state index contributed by atoms with van der Waals surface area (Å²) in [6.45, 7) is 0. The van der Waals surface area contributed by atoms with Crippen LogP contribution in [0.3, 0.4) is 0 Å². The van der Waals surface area contributed by atoms with Crippen molar-refractivity contribution in [3.63, 3.8) is 0 Å². The Morgan fingerprint density at radius 3 is 2.52 bits per heavy atom. The lowest BCUT2D eigenvalue weighted by atomic mass is 9.71. The number of nitrogens with zero attached hydrogens (tertiary/aromatic N) is 2. The number of rotatable bonds is 1. The summed E-state index contributed by atoms with van der Waals surface area (Å²) in [4.78, 5) is 10.0. The van der Waals surface area contributed by atoms with E-state index in [4.69, 9.17) is 9.98 Å². The van der Waals surface area contributed by atoms with Gasteiger partial charge < -0.3 is 0 Å². The molecule has 2 nitrogen and oxygen atoms in total. The Kier molecular flexibility index (Phi) is 3.22. The van der Waals surface area contributed by atoms with Crippen molar-refractivity contribution in [2.45, 2.75) is 5.92 Å². The van der Waals surface area contributed by atoms with E-state index in [2.05, 4.69) is 97.1 Å². The molecule has 1 unspecified atom stereocenters. The van der Waals surface area contributed by atoms with Crippen LogP contribution in [0.2, 0.25) is 0 Å². The monoisotopic (exact) mass is 418 g/mol. The normalized spacial score (nSPS) is 17.8. The van der Waals surface area contributed by atoms with Crippen LogP contribution in [0.4, 0.5) is 5.69 Å². The molecule has 0 radical (unpaired) electrons. The van der Waals surface area contributed by atoms with E-state index < -0.39 is 0 Å². The molecule has 33 heavy (non-hydrogen) atoms. The van der Waals surface area contributed by atoms with Gasteiger partial charge in [0.15, 0.2) is 0 Å². The minimum absolute atomic E-state index is 0.126. The first kappa shape index (κ1) is 17.3. The molecule has 1 atom stereocenters. The van der Waals surface area contributed by atoms with Gasteiger partial charge in [0, 0.05) is 22.5 Å². The molecule has 0 bridgehead atoms. The third kappa shape index (κ3) is 2.22. The first-order valence-electron chi connectivity index (χ1n) is 11.4. The van der Waals surface area contributed by atoms with E-state index in [-0.39, 0.29) is 5.92 Å². The molecule has 0 saturated carbocycles. The number of aromatic nitrogens is 1. The standard InChI is InChI=1S/C31H18N2/c1-2-9-20-18(7-1)15-24(22-11-4-3-10-21(20)22)25-16-28-31-29-19(17-32-28)8-5-13-26(29)33-27-14-6-12-23(25)30(27)31/h1-17,30H. The zero-order valence-corrected chi connectivity index (χ0v) is 17.8. The quantitative estimate of drug-likeness (QED) is 0.255. The predicted octanol–water partition coefficient (Wildman–Crippen LogP) is 7.76. The molecule has 0 amide bonds. The van der Waals surface area contributed by atoms with Gasteiger partial charge >= 0.3 is 0 Å². The van der Waals surface area contributed by atoms with Gasteiger partial charge in [-0.25, -0.2) is 0 Å². The summed E-state index contributed by atoms with van der Waals surface area (Å²) in [5.74, 6) is 0.126. The van der Waals surface area contributed by atoms with Gasteiger partial charge in [-0.15, -0.1) is 0 Å². The molecular formula is C31H18N2. The second-order valence-electron chi connectivity index (χ2n) is 9.00. The number of allylic oxidation sites excluding steroid dienone is 5. The number of hydrogen-bond donors (Lipinski definition) is 0. The van der Waals surface area contributed by atoms with Crippen molar-refractivity contribution in [3.8, 4) is 0 Å².